The third kappa shape index (κ3) is 4.14. The first-order chi connectivity index (χ1) is 13.4. The van der Waals surface area contributed by atoms with Crippen LogP contribution in [0.15, 0.2) is 52.7 Å². The molecule has 142 valence electrons. The molecule has 5 nitrogen and oxygen atoms in total. The predicted octanol–water partition coefficient (Wildman–Crippen LogP) is 5.60. The number of hydrogen-bond acceptors (Lipinski definition) is 3. The molecule has 1 amide bonds. The molecule has 0 saturated carbocycles. The molecule has 0 unspecified atom stereocenters. The van der Waals surface area contributed by atoms with Crippen molar-refractivity contribution < 1.29 is 9.21 Å². The zero-order chi connectivity index (χ0) is 20.3. The fraction of sp³-hybridized carbons (Fsp3) is 0.143. The molecule has 0 aliphatic heterocycles. The molecule has 0 fully saturated rings. The van der Waals surface area contributed by atoms with Crippen LogP contribution in [0.2, 0.25) is 10.0 Å². The van der Waals surface area contributed by atoms with Crippen LogP contribution in [0.25, 0.3) is 6.08 Å². The molecule has 0 aliphatic carbocycles. The van der Waals surface area contributed by atoms with E-state index in [0.717, 1.165) is 22.7 Å². The van der Waals surface area contributed by atoms with Gasteiger partial charge in [0.2, 0.25) is 0 Å². The van der Waals surface area contributed by atoms with Crippen molar-refractivity contribution in [1.29, 1.82) is 5.26 Å². The number of para-hydroxylation sites is 1. The van der Waals surface area contributed by atoms with Gasteiger partial charge in [-0.2, -0.15) is 5.26 Å². The van der Waals surface area contributed by atoms with Gasteiger partial charge in [0, 0.05) is 11.4 Å². The number of aryl methyl sites for hydroxylation is 1. The Morgan fingerprint density at radius 3 is 2.57 bits per heavy atom. The third-order valence-electron chi connectivity index (χ3n) is 4.37. The number of hydrogen-bond donors (Lipinski definition) is 1. The smallest absolute Gasteiger partial charge is 0.266 e. The number of benzene rings is 1. The highest BCUT2D eigenvalue weighted by Crippen LogP contribution is 2.30. The van der Waals surface area contributed by atoms with Gasteiger partial charge in [-0.15, -0.1) is 0 Å². The Morgan fingerprint density at radius 1 is 1.25 bits per heavy atom. The molecular weight excluding hydrogens is 397 g/mol. The molecule has 2 aromatic heterocycles. The summed E-state index contributed by atoms with van der Waals surface area (Å²) in [4.78, 5) is 12.6. The molecule has 0 radical (unpaired) electrons. The lowest BCUT2D eigenvalue weighted by molar-refractivity contribution is -0.112. The van der Waals surface area contributed by atoms with Gasteiger partial charge in [0.05, 0.1) is 28.5 Å². The molecule has 0 atom stereocenters. The Labute approximate surface area is 172 Å². The lowest BCUT2D eigenvalue weighted by atomic mass is 10.1. The van der Waals surface area contributed by atoms with E-state index in [1.165, 1.54) is 0 Å². The highest BCUT2D eigenvalue weighted by Gasteiger charge is 2.16. The van der Waals surface area contributed by atoms with E-state index in [4.69, 9.17) is 27.6 Å². The summed E-state index contributed by atoms with van der Waals surface area (Å²) in [5.74, 6) is 0.247. The molecule has 0 spiro atoms. The van der Waals surface area contributed by atoms with Crippen LogP contribution >= 0.6 is 23.2 Å². The number of carbonyl (C=O) groups excluding carboxylic acids is 1. The molecule has 1 N–H and O–H groups in total. The van der Waals surface area contributed by atoms with Crippen LogP contribution < -0.4 is 5.32 Å². The Bertz CT molecular complexity index is 1070. The Hall–Kier alpha value is -2.94. The Balaban J connectivity index is 1.88. The topological polar surface area (TPSA) is 71.0 Å². The third-order valence-corrected chi connectivity index (χ3v) is 5.00. The van der Waals surface area contributed by atoms with Gasteiger partial charge < -0.3 is 14.3 Å². The van der Waals surface area contributed by atoms with Gasteiger partial charge in [-0.25, -0.2) is 0 Å². The summed E-state index contributed by atoms with van der Waals surface area (Å²) in [5, 5.41) is 12.7. The largest absolute Gasteiger partial charge is 0.467 e. The first kappa shape index (κ1) is 19.8. The van der Waals surface area contributed by atoms with Crippen molar-refractivity contribution in [1.82, 2.24) is 4.57 Å². The number of nitrogens with zero attached hydrogens (tertiary/aromatic N) is 2. The van der Waals surface area contributed by atoms with E-state index in [0.29, 0.717) is 16.6 Å². The Kier molecular flexibility index (Phi) is 5.93. The molecule has 2 heterocycles. The van der Waals surface area contributed by atoms with Crippen molar-refractivity contribution in [3.05, 3.63) is 81.0 Å². The Morgan fingerprint density at radius 2 is 1.96 bits per heavy atom. The van der Waals surface area contributed by atoms with Crippen molar-refractivity contribution in [2.24, 2.45) is 0 Å². The number of nitrogens with one attached hydrogen (secondary N) is 1. The van der Waals surface area contributed by atoms with Crippen molar-refractivity contribution in [2.75, 3.05) is 5.32 Å². The maximum absolute atomic E-state index is 12.6. The van der Waals surface area contributed by atoms with Crippen LogP contribution in [-0.2, 0) is 11.3 Å². The summed E-state index contributed by atoms with van der Waals surface area (Å²) in [7, 11) is 0. The molecular formula is C21H17Cl2N3O2. The highest BCUT2D eigenvalue weighted by molar-refractivity contribution is 6.40. The minimum atomic E-state index is -0.576. The second-order valence-electron chi connectivity index (χ2n) is 6.21. The fourth-order valence-corrected chi connectivity index (χ4v) is 3.37. The maximum atomic E-state index is 12.6. The number of nitriles is 1. The summed E-state index contributed by atoms with van der Waals surface area (Å²) >= 11 is 12.2. The number of anilines is 1. The average molecular weight is 414 g/mol. The van der Waals surface area contributed by atoms with Crippen LogP contribution in [0.3, 0.4) is 0 Å². The van der Waals surface area contributed by atoms with Crippen molar-refractivity contribution >= 4 is 40.9 Å². The number of amides is 1. The molecule has 1 aromatic carbocycles. The van der Waals surface area contributed by atoms with Gasteiger partial charge in [-0.1, -0.05) is 29.3 Å². The van der Waals surface area contributed by atoms with Gasteiger partial charge in [0.15, 0.2) is 0 Å². The summed E-state index contributed by atoms with van der Waals surface area (Å²) in [6.07, 6.45) is 3.18. The standard InChI is InChI=1S/C21H17Cl2N3O2/c1-13-9-15(14(2)26(13)12-17-5-4-8-28-17)10-16(11-24)21(27)25-20-18(22)6-3-7-19(20)23/h3-10H,12H2,1-2H3,(H,25,27)/b16-10+. The van der Waals surface area contributed by atoms with E-state index >= 15 is 0 Å². The van der Waals surface area contributed by atoms with Gasteiger partial charge in [0.25, 0.3) is 5.91 Å². The zero-order valence-electron chi connectivity index (χ0n) is 15.3. The first-order valence-corrected chi connectivity index (χ1v) is 9.22. The second kappa shape index (κ2) is 8.39. The van der Waals surface area contributed by atoms with Crippen molar-refractivity contribution in [2.45, 2.75) is 20.4 Å². The number of rotatable bonds is 5. The lowest BCUT2D eigenvalue weighted by Gasteiger charge is -2.09. The minimum Gasteiger partial charge on any atom is -0.467 e. The normalized spacial score (nSPS) is 11.3. The molecule has 0 saturated heterocycles. The monoisotopic (exact) mass is 413 g/mol. The second-order valence-corrected chi connectivity index (χ2v) is 7.03. The first-order valence-electron chi connectivity index (χ1n) is 8.47. The molecule has 0 bridgehead atoms. The zero-order valence-corrected chi connectivity index (χ0v) is 16.8. The number of aromatic nitrogens is 1. The average Bonchev–Trinajstić information content (AvgIpc) is 3.26. The van der Waals surface area contributed by atoms with Gasteiger partial charge in [0.1, 0.15) is 17.4 Å². The van der Waals surface area contributed by atoms with E-state index in [1.807, 2.05) is 38.1 Å². The summed E-state index contributed by atoms with van der Waals surface area (Å²) < 4.78 is 7.47. The maximum Gasteiger partial charge on any atom is 0.266 e. The van der Waals surface area contributed by atoms with Gasteiger partial charge in [-0.05, 0) is 55.8 Å². The van der Waals surface area contributed by atoms with Crippen LogP contribution in [0, 0.1) is 25.2 Å². The summed E-state index contributed by atoms with van der Waals surface area (Å²) in [5.41, 5.74) is 2.92. The van der Waals surface area contributed by atoms with Crippen LogP contribution in [0.5, 0.6) is 0 Å². The molecule has 3 aromatic rings. The van der Waals surface area contributed by atoms with E-state index in [-0.39, 0.29) is 11.3 Å². The molecule has 3 rings (SSSR count). The summed E-state index contributed by atoms with van der Waals surface area (Å²) in [6, 6.07) is 12.5. The molecule has 28 heavy (non-hydrogen) atoms. The van der Waals surface area contributed by atoms with Crippen LogP contribution in [0.4, 0.5) is 5.69 Å². The van der Waals surface area contributed by atoms with E-state index < -0.39 is 5.91 Å². The van der Waals surface area contributed by atoms with E-state index in [2.05, 4.69) is 9.88 Å². The molecule has 7 heteroatoms. The quantitative estimate of drug-likeness (QED) is 0.437. The molecule has 0 aliphatic rings. The minimum absolute atomic E-state index is 0.0470. The highest BCUT2D eigenvalue weighted by atomic mass is 35.5. The SMILES string of the molecule is Cc1cc(/C=C(\C#N)C(=O)Nc2c(Cl)cccc2Cl)c(C)n1Cc1ccco1. The van der Waals surface area contributed by atoms with Gasteiger partial charge >= 0.3 is 0 Å². The van der Waals surface area contributed by atoms with Gasteiger partial charge in [-0.3, -0.25) is 4.79 Å². The number of furan rings is 1. The van der Waals surface area contributed by atoms with Crippen LogP contribution in [0.1, 0.15) is 22.7 Å². The lowest BCUT2D eigenvalue weighted by Crippen LogP contribution is -2.14. The fourth-order valence-electron chi connectivity index (χ4n) is 2.88. The van der Waals surface area contributed by atoms with E-state index in [9.17, 15) is 10.1 Å². The van der Waals surface area contributed by atoms with Crippen molar-refractivity contribution in [3.8, 4) is 6.07 Å². The predicted molar refractivity (Wildman–Crippen MR) is 110 cm³/mol. The summed E-state index contributed by atoms with van der Waals surface area (Å²) in [6.45, 7) is 4.46. The van der Waals surface area contributed by atoms with E-state index in [1.54, 1.807) is 30.5 Å². The number of carbonyl (C=O) groups is 1. The van der Waals surface area contributed by atoms with Crippen LogP contribution in [-0.4, -0.2) is 10.5 Å². The van der Waals surface area contributed by atoms with Crippen molar-refractivity contribution in [3.63, 3.8) is 0 Å². The number of halogens is 2.